The lowest BCUT2D eigenvalue weighted by Gasteiger charge is -2.36. The molecule has 2 aliphatic rings. The second-order valence-corrected chi connectivity index (χ2v) is 7.26. The van der Waals surface area contributed by atoms with Gasteiger partial charge in [-0.25, -0.2) is 4.98 Å². The lowest BCUT2D eigenvalue weighted by Crippen LogP contribution is -2.48. The molecule has 2 aromatic rings. The molecule has 1 aliphatic heterocycles. The van der Waals surface area contributed by atoms with Gasteiger partial charge in [0.25, 0.3) is 0 Å². The van der Waals surface area contributed by atoms with Crippen LogP contribution < -0.4 is 5.32 Å². The average molecular weight is 352 g/mol. The third-order valence-electron chi connectivity index (χ3n) is 5.52. The van der Waals surface area contributed by atoms with E-state index in [0.29, 0.717) is 25.4 Å². The number of benzene rings is 1. The Kier molecular flexibility index (Phi) is 4.73. The number of imidazole rings is 1. The lowest BCUT2D eigenvalue weighted by atomic mass is 9.94. The Morgan fingerprint density at radius 3 is 2.85 bits per heavy atom. The maximum absolute atomic E-state index is 12.8. The van der Waals surface area contributed by atoms with Crippen molar-refractivity contribution in [3.8, 4) is 11.3 Å². The molecule has 1 unspecified atom stereocenters. The van der Waals surface area contributed by atoms with Crippen molar-refractivity contribution in [1.82, 2.24) is 14.9 Å². The van der Waals surface area contributed by atoms with Gasteiger partial charge < -0.3 is 15.2 Å². The Labute approximate surface area is 153 Å². The topological polar surface area (TPSA) is 78.1 Å². The van der Waals surface area contributed by atoms with Crippen LogP contribution in [0.15, 0.2) is 36.8 Å². The molecular weight excluding hydrogens is 328 g/mol. The molecule has 6 nitrogen and oxygen atoms in total. The predicted octanol–water partition coefficient (Wildman–Crippen LogP) is 3.20. The first-order valence-electron chi connectivity index (χ1n) is 9.40. The highest BCUT2D eigenvalue weighted by molar-refractivity contribution is 5.94. The van der Waals surface area contributed by atoms with Crippen LogP contribution >= 0.6 is 0 Å². The van der Waals surface area contributed by atoms with Crippen molar-refractivity contribution in [2.75, 3.05) is 11.9 Å². The van der Waals surface area contributed by atoms with Gasteiger partial charge in [0.2, 0.25) is 11.8 Å². The largest absolute Gasteiger partial charge is 0.345 e. The molecule has 0 spiro atoms. The summed E-state index contributed by atoms with van der Waals surface area (Å²) in [6.45, 7) is 0.551. The molecule has 2 fully saturated rings. The van der Waals surface area contributed by atoms with E-state index in [4.69, 9.17) is 0 Å². The first kappa shape index (κ1) is 16.8. The molecule has 1 atom stereocenters. The molecule has 2 heterocycles. The van der Waals surface area contributed by atoms with E-state index in [-0.39, 0.29) is 17.7 Å². The molecular formula is C20H24N4O2. The monoisotopic (exact) mass is 352 g/mol. The number of hydrogen-bond donors (Lipinski definition) is 2. The van der Waals surface area contributed by atoms with Crippen LogP contribution in [0.1, 0.15) is 38.5 Å². The van der Waals surface area contributed by atoms with Crippen LogP contribution in [-0.2, 0) is 9.59 Å². The number of carbonyl (C=O) groups is 2. The number of nitrogens with zero attached hydrogens (tertiary/aromatic N) is 2. The summed E-state index contributed by atoms with van der Waals surface area (Å²) in [7, 11) is 0. The molecule has 26 heavy (non-hydrogen) atoms. The van der Waals surface area contributed by atoms with E-state index < -0.39 is 0 Å². The number of anilines is 1. The van der Waals surface area contributed by atoms with Crippen molar-refractivity contribution >= 4 is 17.5 Å². The molecule has 0 bridgehead atoms. The molecule has 1 aromatic carbocycles. The Morgan fingerprint density at radius 2 is 2.08 bits per heavy atom. The Balaban J connectivity index is 1.43. The SMILES string of the molecule is O=C(Nc1cccc(-c2cnc[nH]2)c1)C1CCC(=O)N(C2CCCC2)C1. The van der Waals surface area contributed by atoms with E-state index in [1.165, 1.54) is 12.8 Å². The van der Waals surface area contributed by atoms with E-state index in [1.807, 2.05) is 29.2 Å². The second-order valence-electron chi connectivity index (χ2n) is 7.26. The maximum atomic E-state index is 12.8. The number of amides is 2. The minimum Gasteiger partial charge on any atom is -0.345 e. The fraction of sp³-hybridized carbons (Fsp3) is 0.450. The Morgan fingerprint density at radius 1 is 1.23 bits per heavy atom. The van der Waals surface area contributed by atoms with Gasteiger partial charge in [0.1, 0.15) is 0 Å². The molecule has 1 saturated heterocycles. The zero-order valence-corrected chi connectivity index (χ0v) is 14.8. The third-order valence-corrected chi connectivity index (χ3v) is 5.52. The molecule has 1 aliphatic carbocycles. The third kappa shape index (κ3) is 3.49. The van der Waals surface area contributed by atoms with Crippen LogP contribution in [0.5, 0.6) is 0 Å². The highest BCUT2D eigenvalue weighted by Crippen LogP contribution is 2.29. The van der Waals surface area contributed by atoms with Crippen molar-refractivity contribution in [2.24, 2.45) is 5.92 Å². The number of likely N-dealkylation sites (tertiary alicyclic amines) is 1. The van der Waals surface area contributed by atoms with Crippen molar-refractivity contribution < 1.29 is 9.59 Å². The van der Waals surface area contributed by atoms with Crippen LogP contribution in [0.3, 0.4) is 0 Å². The van der Waals surface area contributed by atoms with Gasteiger partial charge in [0.05, 0.1) is 24.1 Å². The highest BCUT2D eigenvalue weighted by atomic mass is 16.2. The van der Waals surface area contributed by atoms with E-state index >= 15 is 0 Å². The number of piperidine rings is 1. The Hall–Kier alpha value is -2.63. The molecule has 1 saturated carbocycles. The molecule has 2 N–H and O–H groups in total. The molecule has 6 heteroatoms. The maximum Gasteiger partial charge on any atom is 0.229 e. The van der Waals surface area contributed by atoms with Crippen molar-refractivity contribution in [2.45, 2.75) is 44.6 Å². The molecule has 2 amide bonds. The first-order chi connectivity index (χ1) is 12.7. The van der Waals surface area contributed by atoms with Crippen LogP contribution in [0.4, 0.5) is 5.69 Å². The van der Waals surface area contributed by atoms with Gasteiger partial charge in [-0.1, -0.05) is 25.0 Å². The zero-order valence-electron chi connectivity index (χ0n) is 14.8. The summed E-state index contributed by atoms with van der Waals surface area (Å²) in [5.74, 6) is 0.0774. The summed E-state index contributed by atoms with van der Waals surface area (Å²) < 4.78 is 0. The van der Waals surface area contributed by atoms with Crippen LogP contribution in [-0.4, -0.2) is 39.3 Å². The molecule has 1 aromatic heterocycles. The molecule has 4 rings (SSSR count). The summed E-state index contributed by atoms with van der Waals surface area (Å²) in [5.41, 5.74) is 2.66. The Bertz CT molecular complexity index is 781. The average Bonchev–Trinajstić information content (AvgIpc) is 3.36. The van der Waals surface area contributed by atoms with Crippen molar-refractivity contribution in [3.63, 3.8) is 0 Å². The van der Waals surface area contributed by atoms with Crippen molar-refractivity contribution in [1.29, 1.82) is 0 Å². The minimum absolute atomic E-state index is 0.00209. The summed E-state index contributed by atoms with van der Waals surface area (Å²) in [5, 5.41) is 3.03. The van der Waals surface area contributed by atoms with E-state index in [1.54, 1.807) is 12.5 Å². The number of aromatic nitrogens is 2. The van der Waals surface area contributed by atoms with Gasteiger partial charge in [-0.05, 0) is 31.4 Å². The van der Waals surface area contributed by atoms with Gasteiger partial charge >= 0.3 is 0 Å². The van der Waals surface area contributed by atoms with Gasteiger partial charge in [0.15, 0.2) is 0 Å². The number of rotatable bonds is 4. The zero-order chi connectivity index (χ0) is 17.9. The van der Waals surface area contributed by atoms with Gasteiger partial charge in [0, 0.05) is 30.3 Å². The van der Waals surface area contributed by atoms with Crippen LogP contribution in [0.2, 0.25) is 0 Å². The fourth-order valence-electron chi connectivity index (χ4n) is 4.08. The van der Waals surface area contributed by atoms with Gasteiger partial charge in [-0.3, -0.25) is 9.59 Å². The highest BCUT2D eigenvalue weighted by Gasteiger charge is 2.35. The molecule has 136 valence electrons. The quantitative estimate of drug-likeness (QED) is 0.887. The normalized spacial score (nSPS) is 21.2. The minimum atomic E-state index is -0.135. The fourth-order valence-corrected chi connectivity index (χ4v) is 4.08. The number of nitrogens with one attached hydrogen (secondary N) is 2. The lowest BCUT2D eigenvalue weighted by molar-refractivity contribution is -0.139. The number of aromatic amines is 1. The number of carbonyl (C=O) groups excluding carboxylic acids is 2. The summed E-state index contributed by atoms with van der Waals surface area (Å²) >= 11 is 0. The summed E-state index contributed by atoms with van der Waals surface area (Å²) in [4.78, 5) is 34.1. The van der Waals surface area contributed by atoms with Crippen LogP contribution in [0, 0.1) is 5.92 Å². The predicted molar refractivity (Wildman–Crippen MR) is 99.3 cm³/mol. The van der Waals surface area contributed by atoms with Gasteiger partial charge in [-0.15, -0.1) is 0 Å². The second kappa shape index (κ2) is 7.32. The number of hydrogen-bond acceptors (Lipinski definition) is 3. The van der Waals surface area contributed by atoms with E-state index in [0.717, 1.165) is 29.8 Å². The summed E-state index contributed by atoms with van der Waals surface area (Å²) in [6.07, 6.45) is 9.03. The van der Waals surface area contributed by atoms with E-state index in [9.17, 15) is 9.59 Å². The van der Waals surface area contributed by atoms with Gasteiger partial charge in [-0.2, -0.15) is 0 Å². The standard InChI is InChI=1S/C20H24N4O2/c25-19-9-8-15(12-24(19)17-6-1-2-7-17)20(26)23-16-5-3-4-14(10-16)18-11-21-13-22-18/h3-5,10-11,13,15,17H,1-2,6-9,12H2,(H,21,22)(H,23,26). The number of H-pyrrole nitrogens is 1. The summed E-state index contributed by atoms with van der Waals surface area (Å²) in [6, 6.07) is 8.06. The van der Waals surface area contributed by atoms with Crippen molar-refractivity contribution in [3.05, 3.63) is 36.8 Å². The first-order valence-corrected chi connectivity index (χ1v) is 9.40. The van der Waals surface area contributed by atoms with Crippen LogP contribution in [0.25, 0.3) is 11.3 Å². The smallest absolute Gasteiger partial charge is 0.229 e. The van der Waals surface area contributed by atoms with E-state index in [2.05, 4.69) is 15.3 Å². The molecule has 0 radical (unpaired) electrons.